The number of likely N-dealkylation sites (tertiary alicyclic amines) is 1. The summed E-state index contributed by atoms with van der Waals surface area (Å²) in [6, 6.07) is 13.2. The summed E-state index contributed by atoms with van der Waals surface area (Å²) in [5.41, 5.74) is 3.52. The number of amides is 2. The highest BCUT2D eigenvalue weighted by atomic mass is 19.1. The van der Waals surface area contributed by atoms with E-state index in [9.17, 15) is 14.0 Å². The summed E-state index contributed by atoms with van der Waals surface area (Å²) in [5.74, 6) is -0.630. The van der Waals surface area contributed by atoms with E-state index >= 15 is 0 Å². The highest BCUT2D eigenvalue weighted by Crippen LogP contribution is 2.55. The molecule has 0 saturated carbocycles. The first kappa shape index (κ1) is 20.4. The minimum absolute atomic E-state index is 0.124. The molecule has 1 N–H and O–H groups in total. The number of rotatable bonds is 3. The van der Waals surface area contributed by atoms with Crippen LogP contribution in [-0.2, 0) is 16.8 Å². The molecule has 0 unspecified atom stereocenters. The van der Waals surface area contributed by atoms with E-state index in [1.807, 2.05) is 49.7 Å². The third-order valence-electron chi connectivity index (χ3n) is 6.93. The number of halogens is 1. The van der Waals surface area contributed by atoms with E-state index in [0.29, 0.717) is 30.8 Å². The molecule has 0 aliphatic carbocycles. The molecule has 0 radical (unpaired) electrons. The number of hydrogen-bond donors (Lipinski definition) is 1. The van der Waals surface area contributed by atoms with Crippen molar-refractivity contribution in [2.75, 3.05) is 11.9 Å². The first-order valence-corrected chi connectivity index (χ1v) is 10.9. The first-order chi connectivity index (χ1) is 15.4. The largest absolute Gasteiger partial charge is 0.330 e. The van der Waals surface area contributed by atoms with Gasteiger partial charge < -0.3 is 10.2 Å². The summed E-state index contributed by atoms with van der Waals surface area (Å²) < 4.78 is 15.6. The predicted octanol–water partition coefficient (Wildman–Crippen LogP) is 4.14. The maximum Gasteiger partial charge on any atom is 0.258 e. The van der Waals surface area contributed by atoms with Crippen LogP contribution in [0.1, 0.15) is 52.3 Å². The van der Waals surface area contributed by atoms with E-state index in [2.05, 4.69) is 10.4 Å². The molecule has 0 bridgehead atoms. The molecule has 1 spiro atoms. The zero-order valence-corrected chi connectivity index (χ0v) is 18.4. The molecule has 32 heavy (non-hydrogen) atoms. The topological polar surface area (TPSA) is 67.2 Å². The summed E-state index contributed by atoms with van der Waals surface area (Å²) in [4.78, 5) is 29.1. The second-order valence-electron chi connectivity index (χ2n) is 8.54. The molecular weight excluding hydrogens is 407 g/mol. The highest BCUT2D eigenvalue weighted by molar-refractivity contribution is 6.08. The molecule has 2 aliphatic rings. The monoisotopic (exact) mass is 432 g/mol. The number of carbonyl (C=O) groups is 2. The normalized spacial score (nSPS) is 21.8. The van der Waals surface area contributed by atoms with Gasteiger partial charge in [-0.25, -0.2) is 4.39 Å². The Bertz CT molecular complexity index is 1230. The lowest BCUT2D eigenvalue weighted by atomic mass is 9.72. The van der Waals surface area contributed by atoms with Gasteiger partial charge >= 0.3 is 0 Å². The number of para-hydroxylation sites is 1. The molecule has 1 saturated heterocycles. The Morgan fingerprint density at radius 2 is 1.91 bits per heavy atom. The van der Waals surface area contributed by atoms with Crippen molar-refractivity contribution in [3.8, 4) is 0 Å². The number of carbonyl (C=O) groups excluding carboxylic acids is 2. The molecule has 164 valence electrons. The molecule has 3 heterocycles. The molecule has 3 aromatic rings. The van der Waals surface area contributed by atoms with Crippen LogP contribution in [0.3, 0.4) is 0 Å². The minimum atomic E-state index is -0.924. The van der Waals surface area contributed by atoms with Crippen LogP contribution in [0.5, 0.6) is 0 Å². The lowest BCUT2D eigenvalue weighted by Gasteiger charge is -2.34. The fourth-order valence-electron chi connectivity index (χ4n) is 5.47. The van der Waals surface area contributed by atoms with Crippen molar-refractivity contribution in [2.45, 2.75) is 45.2 Å². The SMILES string of the molecule is CCn1nc(C)c(C(=O)N2CC[C@]3(C(=O)Nc4ccccc43)[C@@H]2c2ccc(F)cc2)c1C. The molecule has 7 heteroatoms. The molecule has 1 aromatic heterocycles. The van der Waals surface area contributed by atoms with Gasteiger partial charge in [-0.1, -0.05) is 30.3 Å². The molecule has 6 nitrogen and oxygen atoms in total. The van der Waals surface area contributed by atoms with Crippen LogP contribution in [0.25, 0.3) is 0 Å². The van der Waals surface area contributed by atoms with Gasteiger partial charge in [0.25, 0.3) is 5.91 Å². The number of nitrogens with zero attached hydrogens (tertiary/aromatic N) is 3. The Morgan fingerprint density at radius 1 is 1.19 bits per heavy atom. The van der Waals surface area contributed by atoms with Gasteiger partial charge in [-0.2, -0.15) is 5.10 Å². The van der Waals surface area contributed by atoms with E-state index < -0.39 is 11.5 Å². The van der Waals surface area contributed by atoms with Gasteiger partial charge in [0.15, 0.2) is 0 Å². The second kappa shape index (κ2) is 7.29. The van der Waals surface area contributed by atoms with Crippen LogP contribution < -0.4 is 5.32 Å². The Balaban J connectivity index is 1.68. The standard InChI is InChI=1S/C25H25FN4O2/c1-4-30-16(3)21(15(2)28-30)23(31)29-14-13-25(22(29)17-9-11-18(26)12-10-17)19-7-5-6-8-20(19)27-24(25)32/h5-12,22H,4,13-14H2,1-3H3,(H,27,32)/t22-,25+/m0/s1. The number of benzene rings is 2. The number of aryl methyl sites for hydroxylation is 2. The van der Waals surface area contributed by atoms with Crippen LogP contribution in [0.2, 0.25) is 0 Å². The number of anilines is 1. The third kappa shape index (κ3) is 2.73. The molecule has 2 aliphatic heterocycles. The molecule has 5 rings (SSSR count). The maximum atomic E-state index is 13.9. The molecule has 2 aromatic carbocycles. The fraction of sp³-hybridized carbons (Fsp3) is 0.320. The highest BCUT2D eigenvalue weighted by Gasteiger charge is 2.59. The van der Waals surface area contributed by atoms with E-state index in [4.69, 9.17) is 0 Å². The Kier molecular flexibility index (Phi) is 4.65. The van der Waals surface area contributed by atoms with Gasteiger partial charge in [-0.3, -0.25) is 14.3 Å². The van der Waals surface area contributed by atoms with Gasteiger partial charge in [0.1, 0.15) is 11.2 Å². The third-order valence-corrected chi connectivity index (χ3v) is 6.93. The molecule has 2 atom stereocenters. The van der Waals surface area contributed by atoms with E-state index in [0.717, 1.165) is 22.5 Å². The van der Waals surface area contributed by atoms with Crippen LogP contribution in [-0.4, -0.2) is 33.0 Å². The summed E-state index contributed by atoms with van der Waals surface area (Å²) >= 11 is 0. The van der Waals surface area contributed by atoms with Crippen LogP contribution >= 0.6 is 0 Å². The maximum absolute atomic E-state index is 13.9. The quantitative estimate of drug-likeness (QED) is 0.677. The summed E-state index contributed by atoms with van der Waals surface area (Å²) in [5, 5.41) is 7.52. The Labute approximate surface area is 186 Å². The van der Waals surface area contributed by atoms with Crippen LogP contribution in [0.4, 0.5) is 10.1 Å². The average molecular weight is 432 g/mol. The molecule has 1 fully saturated rings. The van der Waals surface area contributed by atoms with Crippen molar-refractivity contribution < 1.29 is 14.0 Å². The smallest absolute Gasteiger partial charge is 0.258 e. The van der Waals surface area contributed by atoms with E-state index in [1.165, 1.54) is 12.1 Å². The van der Waals surface area contributed by atoms with Gasteiger partial charge in [0.2, 0.25) is 5.91 Å². The molecule has 2 amide bonds. The lowest BCUT2D eigenvalue weighted by Crippen LogP contribution is -2.42. The fourth-order valence-corrected chi connectivity index (χ4v) is 5.47. The first-order valence-electron chi connectivity index (χ1n) is 10.9. The van der Waals surface area contributed by atoms with Crippen molar-refractivity contribution in [2.24, 2.45) is 0 Å². The van der Waals surface area contributed by atoms with Crippen molar-refractivity contribution in [3.63, 3.8) is 0 Å². The predicted molar refractivity (Wildman–Crippen MR) is 119 cm³/mol. The van der Waals surface area contributed by atoms with Crippen molar-refractivity contribution in [1.82, 2.24) is 14.7 Å². The van der Waals surface area contributed by atoms with Gasteiger partial charge in [-0.15, -0.1) is 0 Å². The van der Waals surface area contributed by atoms with Crippen molar-refractivity contribution in [1.29, 1.82) is 0 Å². The summed E-state index contributed by atoms with van der Waals surface area (Å²) in [7, 11) is 0. The van der Waals surface area contributed by atoms with E-state index in [-0.39, 0.29) is 17.6 Å². The molecular formula is C25H25FN4O2. The van der Waals surface area contributed by atoms with Gasteiger partial charge in [-0.05, 0) is 56.5 Å². The van der Waals surface area contributed by atoms with Crippen LogP contribution in [0.15, 0.2) is 48.5 Å². The number of nitrogens with one attached hydrogen (secondary N) is 1. The summed E-state index contributed by atoms with van der Waals surface area (Å²) in [6.45, 7) is 6.80. The van der Waals surface area contributed by atoms with Gasteiger partial charge in [0, 0.05) is 24.5 Å². The summed E-state index contributed by atoms with van der Waals surface area (Å²) in [6.07, 6.45) is 0.490. The van der Waals surface area contributed by atoms with Crippen molar-refractivity contribution >= 4 is 17.5 Å². The number of fused-ring (bicyclic) bond motifs is 2. The lowest BCUT2D eigenvalue weighted by molar-refractivity contribution is -0.121. The zero-order chi connectivity index (χ0) is 22.6. The van der Waals surface area contributed by atoms with E-state index in [1.54, 1.807) is 17.0 Å². The van der Waals surface area contributed by atoms with Gasteiger partial charge in [0.05, 0.1) is 17.3 Å². The second-order valence-corrected chi connectivity index (χ2v) is 8.54. The van der Waals surface area contributed by atoms with Crippen molar-refractivity contribution in [3.05, 3.63) is 82.4 Å². The van der Waals surface area contributed by atoms with Crippen LogP contribution in [0, 0.1) is 19.7 Å². The number of hydrogen-bond acceptors (Lipinski definition) is 3. The zero-order valence-electron chi connectivity index (χ0n) is 18.4. The Hall–Kier alpha value is -3.48. The minimum Gasteiger partial charge on any atom is -0.330 e. The number of aromatic nitrogens is 2. The Morgan fingerprint density at radius 3 is 2.59 bits per heavy atom. The average Bonchev–Trinajstić information content (AvgIpc) is 3.41.